The molecule has 0 saturated carbocycles. The highest BCUT2D eigenvalue weighted by atomic mass is 35.5. The SMILES string of the molecule is CCOc1cc(/C=C2\SC(=S)N(CCCOC)C2=O)cc(Cl)c1OCC(=O)Nc1ccc(C)cc1. The van der Waals surface area contributed by atoms with Crippen LogP contribution in [0.15, 0.2) is 41.3 Å². The molecule has 10 heteroatoms. The normalized spacial score (nSPS) is 14.5. The number of hydrogen-bond acceptors (Lipinski definition) is 7. The molecule has 1 N–H and O–H groups in total. The maximum atomic E-state index is 12.8. The van der Waals surface area contributed by atoms with Crippen molar-refractivity contribution in [3.8, 4) is 11.5 Å². The van der Waals surface area contributed by atoms with E-state index in [-0.39, 0.29) is 29.2 Å². The number of carbonyl (C=O) groups excluding carboxylic acids is 2. The lowest BCUT2D eigenvalue weighted by atomic mass is 10.1. The molecule has 0 radical (unpaired) electrons. The van der Waals surface area contributed by atoms with Crippen LogP contribution in [0.2, 0.25) is 5.02 Å². The van der Waals surface area contributed by atoms with E-state index in [1.165, 1.54) is 11.8 Å². The van der Waals surface area contributed by atoms with E-state index in [9.17, 15) is 9.59 Å². The lowest BCUT2D eigenvalue weighted by Gasteiger charge is -2.15. The number of anilines is 1. The maximum Gasteiger partial charge on any atom is 0.266 e. The van der Waals surface area contributed by atoms with E-state index in [0.717, 1.165) is 5.56 Å². The molecule has 0 atom stereocenters. The number of rotatable bonds is 11. The van der Waals surface area contributed by atoms with Crippen LogP contribution in [0.5, 0.6) is 11.5 Å². The van der Waals surface area contributed by atoms with Gasteiger partial charge in [0.05, 0.1) is 16.5 Å². The predicted molar refractivity (Wildman–Crippen MR) is 144 cm³/mol. The topological polar surface area (TPSA) is 77.1 Å². The summed E-state index contributed by atoms with van der Waals surface area (Å²) in [4.78, 5) is 27.2. The van der Waals surface area contributed by atoms with Gasteiger partial charge in [-0.05, 0) is 56.2 Å². The summed E-state index contributed by atoms with van der Waals surface area (Å²) in [6.07, 6.45) is 2.41. The van der Waals surface area contributed by atoms with Gasteiger partial charge in [-0.2, -0.15) is 0 Å². The van der Waals surface area contributed by atoms with Gasteiger partial charge < -0.3 is 19.5 Å². The van der Waals surface area contributed by atoms with Crippen LogP contribution < -0.4 is 14.8 Å². The van der Waals surface area contributed by atoms with E-state index >= 15 is 0 Å². The second-order valence-corrected chi connectivity index (χ2v) is 9.73. The van der Waals surface area contributed by atoms with Gasteiger partial charge in [0.25, 0.3) is 11.8 Å². The summed E-state index contributed by atoms with van der Waals surface area (Å²) in [5.74, 6) is 0.161. The number of halogens is 1. The van der Waals surface area contributed by atoms with Crippen molar-refractivity contribution in [1.82, 2.24) is 4.90 Å². The second-order valence-electron chi connectivity index (χ2n) is 7.65. The Balaban J connectivity index is 1.72. The van der Waals surface area contributed by atoms with Crippen LogP contribution in [0.25, 0.3) is 6.08 Å². The highest BCUT2D eigenvalue weighted by Gasteiger charge is 2.31. The van der Waals surface area contributed by atoms with Crippen molar-refractivity contribution in [1.29, 1.82) is 0 Å². The number of thiocarbonyl (C=S) groups is 1. The van der Waals surface area contributed by atoms with Crippen LogP contribution in [0.3, 0.4) is 0 Å². The number of hydrogen-bond donors (Lipinski definition) is 1. The van der Waals surface area contributed by atoms with Crippen LogP contribution in [-0.4, -0.2) is 54.5 Å². The number of benzene rings is 2. The number of methoxy groups -OCH3 is 1. The monoisotopic (exact) mass is 534 g/mol. The molecule has 0 spiro atoms. The van der Waals surface area contributed by atoms with Gasteiger partial charge in [-0.25, -0.2) is 0 Å². The zero-order valence-corrected chi connectivity index (χ0v) is 22.1. The molecule has 1 fully saturated rings. The summed E-state index contributed by atoms with van der Waals surface area (Å²) in [7, 11) is 1.62. The molecule has 2 aromatic rings. The molecule has 0 bridgehead atoms. The molecule has 2 aromatic carbocycles. The van der Waals surface area contributed by atoms with E-state index in [2.05, 4.69) is 5.32 Å². The molecule has 35 heavy (non-hydrogen) atoms. The Morgan fingerprint density at radius 1 is 1.23 bits per heavy atom. The molecule has 0 unspecified atom stereocenters. The van der Waals surface area contributed by atoms with E-state index in [0.29, 0.717) is 52.4 Å². The van der Waals surface area contributed by atoms with Crippen molar-refractivity contribution in [2.24, 2.45) is 0 Å². The van der Waals surface area contributed by atoms with E-state index < -0.39 is 0 Å². The van der Waals surface area contributed by atoms with Gasteiger partial charge in [-0.3, -0.25) is 14.5 Å². The van der Waals surface area contributed by atoms with Crippen molar-refractivity contribution >= 4 is 63.5 Å². The molecular formula is C25H27ClN2O5S2. The summed E-state index contributed by atoms with van der Waals surface area (Å²) in [6, 6.07) is 10.8. The first-order valence-electron chi connectivity index (χ1n) is 11.0. The summed E-state index contributed by atoms with van der Waals surface area (Å²) in [5.41, 5.74) is 2.43. The standard InChI is InChI=1S/C25H27ClN2O5S2/c1-4-32-20-13-17(14-21-24(30)28(25(34)35-21)10-5-11-31-3)12-19(26)23(20)33-15-22(29)27-18-8-6-16(2)7-9-18/h6-9,12-14H,4-5,10-11,15H2,1-3H3,(H,27,29)/b21-14-. The molecule has 186 valence electrons. The fraction of sp³-hybridized carbons (Fsp3) is 0.320. The lowest BCUT2D eigenvalue weighted by Crippen LogP contribution is -2.29. The molecule has 0 aliphatic carbocycles. The molecule has 1 aliphatic heterocycles. The number of nitrogens with one attached hydrogen (secondary N) is 1. The average Bonchev–Trinajstić information content (AvgIpc) is 3.07. The first-order chi connectivity index (χ1) is 16.8. The Morgan fingerprint density at radius 3 is 2.66 bits per heavy atom. The van der Waals surface area contributed by atoms with Crippen LogP contribution in [0.4, 0.5) is 5.69 Å². The smallest absolute Gasteiger partial charge is 0.266 e. The number of amides is 2. The molecule has 1 aliphatic rings. The zero-order valence-electron chi connectivity index (χ0n) is 19.8. The molecule has 3 rings (SSSR count). The largest absolute Gasteiger partial charge is 0.490 e. The number of nitrogens with zero attached hydrogens (tertiary/aromatic N) is 1. The van der Waals surface area contributed by atoms with E-state index in [4.69, 9.17) is 38.0 Å². The van der Waals surface area contributed by atoms with Gasteiger partial charge in [0.15, 0.2) is 18.1 Å². The van der Waals surface area contributed by atoms with Gasteiger partial charge in [0.2, 0.25) is 0 Å². The van der Waals surface area contributed by atoms with Crippen LogP contribution in [0.1, 0.15) is 24.5 Å². The Kier molecular flexibility index (Phi) is 9.97. The predicted octanol–water partition coefficient (Wildman–Crippen LogP) is 5.30. The summed E-state index contributed by atoms with van der Waals surface area (Å²) in [6.45, 7) is 4.98. The van der Waals surface area contributed by atoms with Crippen LogP contribution in [0, 0.1) is 6.92 Å². The van der Waals surface area contributed by atoms with Crippen molar-refractivity contribution in [2.75, 3.05) is 38.8 Å². The third-order valence-electron chi connectivity index (χ3n) is 4.92. The summed E-state index contributed by atoms with van der Waals surface area (Å²) in [5, 5.41) is 3.04. The molecule has 0 aromatic heterocycles. The summed E-state index contributed by atoms with van der Waals surface area (Å²) < 4.78 is 17.0. The number of aryl methyl sites for hydroxylation is 1. The number of carbonyl (C=O) groups is 2. The van der Waals surface area contributed by atoms with Crippen molar-refractivity contribution < 1.29 is 23.8 Å². The molecule has 7 nitrogen and oxygen atoms in total. The highest BCUT2D eigenvalue weighted by molar-refractivity contribution is 8.26. The fourth-order valence-corrected chi connectivity index (χ4v) is 4.84. The summed E-state index contributed by atoms with van der Waals surface area (Å²) >= 11 is 13.1. The second kappa shape index (κ2) is 12.9. The third kappa shape index (κ3) is 7.44. The third-order valence-corrected chi connectivity index (χ3v) is 6.57. The van der Waals surface area contributed by atoms with Gasteiger partial charge in [-0.15, -0.1) is 0 Å². The zero-order chi connectivity index (χ0) is 25.4. The van der Waals surface area contributed by atoms with E-state index in [1.807, 2.05) is 38.1 Å². The van der Waals surface area contributed by atoms with E-state index in [1.54, 1.807) is 30.2 Å². The molecule has 1 saturated heterocycles. The molecular weight excluding hydrogens is 508 g/mol. The van der Waals surface area contributed by atoms with Crippen molar-refractivity contribution in [2.45, 2.75) is 20.3 Å². The Labute approximate surface area is 219 Å². The van der Waals surface area contributed by atoms with Gasteiger partial charge in [-0.1, -0.05) is 53.3 Å². The Morgan fingerprint density at radius 2 is 1.97 bits per heavy atom. The van der Waals surface area contributed by atoms with Gasteiger partial charge in [0, 0.05) is 25.9 Å². The first kappa shape index (κ1) is 27.0. The minimum Gasteiger partial charge on any atom is -0.490 e. The minimum absolute atomic E-state index is 0.154. The number of ether oxygens (including phenoxy) is 3. The van der Waals surface area contributed by atoms with Crippen molar-refractivity contribution in [3.63, 3.8) is 0 Å². The molecule has 2 amide bonds. The Bertz CT molecular complexity index is 1120. The minimum atomic E-state index is -0.325. The van der Waals surface area contributed by atoms with Crippen molar-refractivity contribution in [3.05, 3.63) is 57.5 Å². The van der Waals surface area contributed by atoms with Gasteiger partial charge >= 0.3 is 0 Å². The van der Waals surface area contributed by atoms with Crippen LogP contribution >= 0.6 is 35.6 Å². The molecule has 1 heterocycles. The maximum absolute atomic E-state index is 12.8. The van der Waals surface area contributed by atoms with Crippen LogP contribution in [-0.2, 0) is 14.3 Å². The van der Waals surface area contributed by atoms with Gasteiger partial charge in [0.1, 0.15) is 4.32 Å². The fourth-order valence-electron chi connectivity index (χ4n) is 3.26. The highest BCUT2D eigenvalue weighted by Crippen LogP contribution is 2.39. The average molecular weight is 535 g/mol. The lowest BCUT2D eigenvalue weighted by molar-refractivity contribution is -0.122. The first-order valence-corrected chi connectivity index (χ1v) is 12.6. The number of thioether (sulfide) groups is 1. The Hall–Kier alpha value is -2.59. The quantitative estimate of drug-likeness (QED) is 0.238.